The first kappa shape index (κ1) is 173. The quantitative estimate of drug-likeness (QED) is 0.442. The molecule has 0 aromatic carbocycles. The molecule has 1 radical (unpaired) electrons. The van der Waals surface area contributed by atoms with E-state index < -0.39 is 0 Å². The summed E-state index contributed by atoms with van der Waals surface area (Å²) < 4.78 is 0. The van der Waals surface area contributed by atoms with Crippen molar-refractivity contribution < 1.29 is 50.3 Å². The van der Waals surface area contributed by atoms with Gasteiger partial charge in [-0.05, 0) is 0 Å². The molecule has 0 amide bonds. The molecule has 0 unspecified atom stereocenters. The Hall–Kier alpha value is 0.906. The van der Waals surface area contributed by atoms with Crippen molar-refractivity contribution in [1.82, 2.24) is 0 Å². The maximum absolute atomic E-state index is 0. The van der Waals surface area contributed by atoms with Gasteiger partial charge in [-0.15, -0.1) is 0 Å². The van der Waals surface area contributed by atoms with Crippen LogP contribution >= 0.6 is 0 Å². The van der Waals surface area contributed by atoms with E-state index in [1.165, 1.54) is 0 Å². The van der Waals surface area contributed by atoms with Crippen molar-refractivity contribution in [2.24, 2.45) is 0 Å². The van der Waals surface area contributed by atoms with E-state index in [-0.39, 0.29) is 50.3 Å². The van der Waals surface area contributed by atoms with Gasteiger partial charge in [-0.25, -0.2) is 0 Å². The first-order valence-corrected chi connectivity index (χ1v) is 0. The van der Waals surface area contributed by atoms with Gasteiger partial charge in [0.05, 0.1) is 0 Å². The predicted molar refractivity (Wildman–Crippen MR) is 3.31 cm³/mol. The third-order valence-corrected chi connectivity index (χ3v) is 0. The van der Waals surface area contributed by atoms with Crippen LogP contribution in [0.4, 0.5) is 0 Å². The smallest absolute Gasteiger partial charge is 2.00 e. The average Bonchev–Trinajstić information content (AvgIpc) is 0. The van der Waals surface area contributed by atoms with E-state index in [4.69, 9.17) is 0 Å². The maximum Gasteiger partial charge on any atom is 3.00 e. The van der Waals surface area contributed by atoms with Crippen molar-refractivity contribution >= 4 is 0 Å². The summed E-state index contributed by atoms with van der Waals surface area (Å²) in [4.78, 5) is 0. The van der Waals surface area contributed by atoms with Gasteiger partial charge in [0, 0.05) is 0 Å². The largest absolute Gasteiger partial charge is 3.00 e. The van der Waals surface area contributed by atoms with Gasteiger partial charge in [-0.1, -0.05) is 0 Å². The Morgan fingerprint density at radius 3 is 0.800 bits per heavy atom. The van der Waals surface area contributed by atoms with E-state index in [9.17, 15) is 0 Å². The summed E-state index contributed by atoms with van der Waals surface area (Å²) in [6, 6.07) is 0. The molecule has 1 N–H and O–H groups in total. The van der Waals surface area contributed by atoms with E-state index in [0.717, 1.165) is 0 Å². The Bertz CT molecular complexity index is 6.85. The third kappa shape index (κ3) is 50.5. The monoisotopic (exact) mass is 159 g/mol. The van der Waals surface area contributed by atoms with Crippen molar-refractivity contribution in [1.29, 1.82) is 0 Å². The van der Waals surface area contributed by atoms with Crippen molar-refractivity contribution in [2.45, 2.75) is 0 Å². The van der Waals surface area contributed by atoms with Crippen LogP contribution in [-0.4, -0.2) is 5.48 Å². The van der Waals surface area contributed by atoms with Gasteiger partial charge < -0.3 is 16.4 Å². The molecule has 0 atom stereocenters. The molecule has 0 spiro atoms. The Morgan fingerprint density at radius 2 is 0.800 bits per heavy atom. The summed E-state index contributed by atoms with van der Waals surface area (Å²) in [5.74, 6) is 0. The SMILES string of the molecule is [Cr+3].[Ni+2].[O-2].[O-2].[OH-]. The minimum Gasteiger partial charge on any atom is -2.00 e. The molecule has 0 bridgehead atoms. The van der Waals surface area contributed by atoms with E-state index in [0.29, 0.717) is 0 Å². The van der Waals surface area contributed by atoms with Crippen molar-refractivity contribution in [3.8, 4) is 0 Å². The Kier molecular flexibility index (Phi) is 3160. The zero-order valence-corrected chi connectivity index (χ0v) is 4.25. The van der Waals surface area contributed by atoms with Crippen molar-refractivity contribution in [3.63, 3.8) is 0 Å². The molecular weight excluding hydrogens is 159 g/mol. The molecule has 5 heteroatoms. The van der Waals surface area contributed by atoms with Crippen LogP contribution in [-0.2, 0) is 44.8 Å². The Morgan fingerprint density at radius 1 is 0.800 bits per heavy atom. The predicted octanol–water partition coefficient (Wildman–Crippen LogP) is -0.419. The van der Waals surface area contributed by atoms with Crippen molar-refractivity contribution in [3.05, 3.63) is 0 Å². The van der Waals surface area contributed by atoms with Crippen LogP contribution in [0, 0.1) is 0 Å². The van der Waals surface area contributed by atoms with Gasteiger partial charge in [0.25, 0.3) is 0 Å². The fraction of sp³-hybridized carbons (Fsp3) is 0. The molecule has 0 aliphatic heterocycles. The second-order valence-electron chi connectivity index (χ2n) is 0. The molecule has 0 aliphatic rings. The van der Waals surface area contributed by atoms with E-state index in [1.54, 1.807) is 0 Å². The summed E-state index contributed by atoms with van der Waals surface area (Å²) in [6.45, 7) is 0. The van der Waals surface area contributed by atoms with Crippen LogP contribution < -0.4 is 0 Å². The molecule has 0 heterocycles. The first-order chi connectivity index (χ1) is 0. The summed E-state index contributed by atoms with van der Waals surface area (Å²) >= 11 is 0. The fourth-order valence-corrected chi connectivity index (χ4v) is 0. The van der Waals surface area contributed by atoms with E-state index >= 15 is 0 Å². The summed E-state index contributed by atoms with van der Waals surface area (Å²) in [7, 11) is 0. The normalized spacial score (nSPS) is 0. The minimum atomic E-state index is 0. The molecule has 0 aliphatic carbocycles. The van der Waals surface area contributed by atoms with E-state index in [1.807, 2.05) is 0 Å². The minimum absolute atomic E-state index is 0. The zero-order valence-electron chi connectivity index (χ0n) is 1.99. The van der Waals surface area contributed by atoms with E-state index in [2.05, 4.69) is 0 Å². The standard InChI is InChI=1S/Cr.Ni.H2O.2O/h;;1H2;;/q+3;+2;;2*-2/p-1. The van der Waals surface area contributed by atoms with Gasteiger partial charge in [0.2, 0.25) is 0 Å². The zero-order chi connectivity index (χ0) is 0. The van der Waals surface area contributed by atoms with Crippen LogP contribution in [0.25, 0.3) is 0 Å². The van der Waals surface area contributed by atoms with Crippen LogP contribution in [0.3, 0.4) is 0 Å². The topological polar surface area (TPSA) is 87.0 Å². The van der Waals surface area contributed by atoms with Crippen LogP contribution in [0.15, 0.2) is 0 Å². The second-order valence-corrected chi connectivity index (χ2v) is 0. The molecule has 0 aromatic rings. The molecule has 3 nitrogen and oxygen atoms in total. The molecule has 5 heavy (non-hydrogen) atoms. The second kappa shape index (κ2) is 91.2. The maximum atomic E-state index is 0. The van der Waals surface area contributed by atoms with Gasteiger partial charge in [0.15, 0.2) is 0 Å². The van der Waals surface area contributed by atoms with Crippen molar-refractivity contribution in [2.75, 3.05) is 0 Å². The van der Waals surface area contributed by atoms with Gasteiger partial charge in [-0.2, -0.15) is 0 Å². The number of hydrogen-bond acceptors (Lipinski definition) is 1. The fourth-order valence-electron chi connectivity index (χ4n) is 0. The molecule has 0 aromatic heterocycles. The number of rotatable bonds is 0. The van der Waals surface area contributed by atoms with Crippen LogP contribution in [0.5, 0.6) is 0 Å². The molecule has 0 rings (SSSR count). The molecule has 0 fully saturated rings. The third-order valence-electron chi connectivity index (χ3n) is 0. The number of hydrogen-bond donors (Lipinski definition) is 0. The summed E-state index contributed by atoms with van der Waals surface area (Å²) in [6.07, 6.45) is 0. The molecule has 0 saturated carbocycles. The Balaban J connectivity index is 0. The van der Waals surface area contributed by atoms with Gasteiger partial charge >= 0.3 is 33.9 Å². The molecule has 0 saturated heterocycles. The summed E-state index contributed by atoms with van der Waals surface area (Å²) in [5, 5.41) is 0. The molecular formula is HCrNiO3. The summed E-state index contributed by atoms with van der Waals surface area (Å²) in [5.41, 5.74) is 0. The van der Waals surface area contributed by atoms with Gasteiger partial charge in [0.1, 0.15) is 0 Å². The van der Waals surface area contributed by atoms with Crippen LogP contribution in [0.2, 0.25) is 0 Å². The Labute approximate surface area is 50.7 Å². The molecule has 35 valence electrons. The average molecular weight is 160 g/mol. The van der Waals surface area contributed by atoms with Gasteiger partial charge in [-0.3, -0.25) is 0 Å². The van der Waals surface area contributed by atoms with Crippen LogP contribution in [0.1, 0.15) is 0 Å². The first-order valence-electron chi connectivity index (χ1n) is 0.